The van der Waals surface area contributed by atoms with Crippen LogP contribution in [0.5, 0.6) is 0 Å². The van der Waals surface area contributed by atoms with Gasteiger partial charge in [0.25, 0.3) is 11.5 Å². The fourth-order valence-electron chi connectivity index (χ4n) is 4.41. The standard InChI is InChI=1S/C26H33N5O3/c1-4-5-8-13-31-26(33)22-10-7-6-9-21(22)24(29-31)25(32)28-15-20-11-12-23(27-14-20)30-16-18(2)34-19(3)17-30/h6-7,9-12,14,18-19H,4-5,8,13,15-17H2,1-3H3,(H,28,32). The van der Waals surface area contributed by atoms with Crippen LogP contribution in [-0.4, -0.2) is 46.0 Å². The van der Waals surface area contributed by atoms with Crippen molar-refractivity contribution in [1.29, 1.82) is 0 Å². The van der Waals surface area contributed by atoms with Crippen LogP contribution in [0.2, 0.25) is 0 Å². The Morgan fingerprint density at radius 3 is 2.50 bits per heavy atom. The van der Waals surface area contributed by atoms with Gasteiger partial charge >= 0.3 is 0 Å². The number of amides is 1. The van der Waals surface area contributed by atoms with Gasteiger partial charge in [0, 0.05) is 37.8 Å². The highest BCUT2D eigenvalue weighted by Crippen LogP contribution is 2.19. The molecule has 8 heteroatoms. The lowest BCUT2D eigenvalue weighted by molar-refractivity contribution is -0.00546. The number of unbranched alkanes of at least 4 members (excludes halogenated alkanes) is 2. The van der Waals surface area contributed by atoms with Crippen LogP contribution in [0.4, 0.5) is 5.82 Å². The first-order valence-electron chi connectivity index (χ1n) is 12.1. The summed E-state index contributed by atoms with van der Waals surface area (Å²) in [5.41, 5.74) is 1.01. The lowest BCUT2D eigenvalue weighted by Gasteiger charge is -2.36. The molecular weight excluding hydrogens is 430 g/mol. The maximum Gasteiger partial charge on any atom is 0.274 e. The number of pyridine rings is 1. The number of hydrogen-bond donors (Lipinski definition) is 1. The zero-order valence-electron chi connectivity index (χ0n) is 20.2. The van der Waals surface area contributed by atoms with E-state index in [0.717, 1.165) is 43.7 Å². The van der Waals surface area contributed by atoms with Crippen molar-refractivity contribution in [2.24, 2.45) is 0 Å². The molecular formula is C26H33N5O3. The van der Waals surface area contributed by atoms with Gasteiger partial charge in [-0.05, 0) is 38.0 Å². The van der Waals surface area contributed by atoms with E-state index in [-0.39, 0.29) is 29.4 Å². The van der Waals surface area contributed by atoms with E-state index in [1.54, 1.807) is 18.3 Å². The Labute approximate surface area is 199 Å². The van der Waals surface area contributed by atoms with Crippen molar-refractivity contribution in [2.75, 3.05) is 18.0 Å². The molecule has 0 radical (unpaired) electrons. The van der Waals surface area contributed by atoms with Crippen LogP contribution < -0.4 is 15.8 Å². The molecule has 1 N–H and O–H groups in total. The molecule has 0 saturated carbocycles. The molecule has 8 nitrogen and oxygen atoms in total. The largest absolute Gasteiger partial charge is 0.372 e. The Balaban J connectivity index is 1.48. The van der Waals surface area contributed by atoms with Crippen molar-refractivity contribution in [3.8, 4) is 0 Å². The Morgan fingerprint density at radius 1 is 1.09 bits per heavy atom. The minimum atomic E-state index is -0.305. The average Bonchev–Trinajstić information content (AvgIpc) is 2.84. The monoisotopic (exact) mass is 463 g/mol. The first kappa shape index (κ1) is 23.9. The summed E-state index contributed by atoms with van der Waals surface area (Å²) in [6.07, 6.45) is 5.02. The fourth-order valence-corrected chi connectivity index (χ4v) is 4.41. The van der Waals surface area contributed by atoms with Crippen LogP contribution in [0.15, 0.2) is 47.4 Å². The number of anilines is 1. The summed E-state index contributed by atoms with van der Waals surface area (Å²) in [6, 6.07) is 11.1. The molecule has 0 aliphatic carbocycles. The molecule has 0 bridgehead atoms. The highest BCUT2D eigenvalue weighted by atomic mass is 16.5. The van der Waals surface area contributed by atoms with Gasteiger partial charge in [-0.3, -0.25) is 9.59 Å². The normalized spacial score (nSPS) is 18.3. The van der Waals surface area contributed by atoms with Crippen LogP contribution in [-0.2, 0) is 17.8 Å². The average molecular weight is 464 g/mol. The number of nitrogens with zero attached hydrogens (tertiary/aromatic N) is 4. The molecule has 2 unspecified atom stereocenters. The van der Waals surface area contributed by atoms with Crippen molar-refractivity contribution in [3.63, 3.8) is 0 Å². The van der Waals surface area contributed by atoms with Gasteiger partial charge in [-0.15, -0.1) is 0 Å². The van der Waals surface area contributed by atoms with E-state index in [0.29, 0.717) is 23.9 Å². The number of benzene rings is 1. The zero-order chi connectivity index (χ0) is 24.1. The molecule has 4 rings (SSSR count). The highest BCUT2D eigenvalue weighted by molar-refractivity contribution is 6.04. The molecule has 1 saturated heterocycles. The van der Waals surface area contributed by atoms with E-state index >= 15 is 0 Å². The van der Waals surface area contributed by atoms with Crippen LogP contribution in [0, 0.1) is 0 Å². The molecule has 180 valence electrons. The number of morpholine rings is 1. The Kier molecular flexibility index (Phi) is 7.57. The Morgan fingerprint density at radius 2 is 1.82 bits per heavy atom. The molecule has 3 aromatic rings. The van der Waals surface area contributed by atoms with Crippen LogP contribution in [0.3, 0.4) is 0 Å². The fraction of sp³-hybridized carbons (Fsp3) is 0.462. The third kappa shape index (κ3) is 5.44. The van der Waals surface area contributed by atoms with Crippen LogP contribution >= 0.6 is 0 Å². The summed E-state index contributed by atoms with van der Waals surface area (Å²) in [5.74, 6) is 0.601. The van der Waals surface area contributed by atoms with Gasteiger partial charge in [0.1, 0.15) is 5.82 Å². The van der Waals surface area contributed by atoms with Crippen LogP contribution in [0.1, 0.15) is 56.1 Å². The van der Waals surface area contributed by atoms with E-state index in [1.165, 1.54) is 4.68 Å². The molecule has 3 heterocycles. The third-order valence-electron chi connectivity index (χ3n) is 6.06. The summed E-state index contributed by atoms with van der Waals surface area (Å²) in [4.78, 5) is 32.7. The van der Waals surface area contributed by atoms with Crippen molar-refractivity contribution < 1.29 is 9.53 Å². The maximum absolute atomic E-state index is 13.1. The minimum Gasteiger partial charge on any atom is -0.372 e. The predicted molar refractivity (Wildman–Crippen MR) is 133 cm³/mol. The molecule has 2 atom stereocenters. The van der Waals surface area contributed by atoms with E-state index in [4.69, 9.17) is 4.74 Å². The summed E-state index contributed by atoms with van der Waals surface area (Å²) >= 11 is 0. The van der Waals surface area contributed by atoms with Crippen molar-refractivity contribution >= 4 is 22.5 Å². The zero-order valence-corrected chi connectivity index (χ0v) is 20.2. The van der Waals surface area contributed by atoms with Gasteiger partial charge in [0.15, 0.2) is 5.69 Å². The number of carbonyl (C=O) groups excluding carboxylic acids is 1. The first-order chi connectivity index (χ1) is 16.5. The molecule has 1 aliphatic rings. The molecule has 1 aromatic carbocycles. The Bertz CT molecular complexity index is 1180. The molecule has 2 aromatic heterocycles. The van der Waals surface area contributed by atoms with E-state index in [1.807, 2.05) is 24.3 Å². The van der Waals surface area contributed by atoms with Crippen molar-refractivity contribution in [3.05, 3.63) is 64.2 Å². The number of ether oxygens (including phenoxy) is 1. The first-order valence-corrected chi connectivity index (χ1v) is 12.1. The number of aromatic nitrogens is 3. The lowest BCUT2D eigenvalue weighted by Crippen LogP contribution is -2.45. The second-order valence-corrected chi connectivity index (χ2v) is 9.00. The second-order valence-electron chi connectivity index (χ2n) is 9.00. The van der Waals surface area contributed by atoms with Crippen molar-refractivity contribution in [2.45, 2.75) is 65.3 Å². The topological polar surface area (TPSA) is 89.3 Å². The predicted octanol–water partition coefficient (Wildman–Crippen LogP) is 3.53. The highest BCUT2D eigenvalue weighted by Gasteiger charge is 2.23. The lowest BCUT2D eigenvalue weighted by atomic mass is 10.1. The molecule has 1 aliphatic heterocycles. The SMILES string of the molecule is CCCCCn1nc(C(=O)NCc2ccc(N3CC(C)OC(C)C3)nc2)c2ccccc2c1=O. The van der Waals surface area contributed by atoms with Gasteiger partial charge in [-0.2, -0.15) is 5.10 Å². The summed E-state index contributed by atoms with van der Waals surface area (Å²) < 4.78 is 7.22. The van der Waals surface area contributed by atoms with Gasteiger partial charge in [0.05, 0.1) is 17.6 Å². The third-order valence-corrected chi connectivity index (χ3v) is 6.06. The molecule has 0 spiro atoms. The minimum absolute atomic E-state index is 0.158. The smallest absolute Gasteiger partial charge is 0.274 e. The number of carbonyl (C=O) groups is 1. The molecule has 34 heavy (non-hydrogen) atoms. The van der Waals surface area contributed by atoms with E-state index < -0.39 is 0 Å². The van der Waals surface area contributed by atoms with Gasteiger partial charge in [-0.25, -0.2) is 9.67 Å². The van der Waals surface area contributed by atoms with Gasteiger partial charge in [-0.1, -0.05) is 44.0 Å². The quantitative estimate of drug-likeness (QED) is 0.514. The molecule has 1 fully saturated rings. The summed E-state index contributed by atoms with van der Waals surface area (Å²) in [7, 11) is 0. The number of rotatable bonds is 8. The van der Waals surface area contributed by atoms with Crippen molar-refractivity contribution in [1.82, 2.24) is 20.1 Å². The summed E-state index contributed by atoms with van der Waals surface area (Å²) in [6.45, 7) is 8.68. The van der Waals surface area contributed by atoms with E-state index in [2.05, 4.69) is 41.1 Å². The number of hydrogen-bond acceptors (Lipinski definition) is 6. The molecule has 1 amide bonds. The number of nitrogens with one attached hydrogen (secondary N) is 1. The second kappa shape index (κ2) is 10.8. The summed E-state index contributed by atoms with van der Waals surface area (Å²) in [5, 5.41) is 8.46. The number of aryl methyl sites for hydroxylation is 1. The number of fused-ring (bicyclic) bond motifs is 1. The maximum atomic E-state index is 13.1. The van der Waals surface area contributed by atoms with Gasteiger partial charge < -0.3 is 15.0 Å². The Hall–Kier alpha value is -3.26. The van der Waals surface area contributed by atoms with Crippen LogP contribution in [0.25, 0.3) is 10.8 Å². The van der Waals surface area contributed by atoms with E-state index in [9.17, 15) is 9.59 Å². The van der Waals surface area contributed by atoms with Gasteiger partial charge in [0.2, 0.25) is 0 Å².